The highest BCUT2D eigenvalue weighted by molar-refractivity contribution is 5.91. The van der Waals surface area contributed by atoms with Crippen LogP contribution in [-0.2, 0) is 0 Å². The topological polar surface area (TPSA) is 93.2 Å². The molecule has 20 heavy (non-hydrogen) atoms. The molecule has 0 saturated carbocycles. The highest BCUT2D eigenvalue weighted by Crippen LogP contribution is 2.23. The van der Waals surface area contributed by atoms with Gasteiger partial charge in [-0.25, -0.2) is 9.78 Å². The minimum Gasteiger partial charge on any atom is -0.464 e. The molecule has 0 bridgehead atoms. The summed E-state index contributed by atoms with van der Waals surface area (Å²) in [6, 6.07) is 10.8. The fraction of sp³-hybridized carbons (Fsp3) is 0. The van der Waals surface area contributed by atoms with Crippen molar-refractivity contribution in [3.8, 4) is 0 Å². The Labute approximate surface area is 114 Å². The van der Waals surface area contributed by atoms with Crippen LogP contribution in [0.2, 0.25) is 0 Å². The molecule has 6 heteroatoms. The van der Waals surface area contributed by atoms with Gasteiger partial charge in [0.25, 0.3) is 0 Å². The lowest BCUT2D eigenvalue weighted by molar-refractivity contribution is 0.197. The number of carboxylic acid groups (broad SMARTS) is 1. The van der Waals surface area contributed by atoms with Crippen molar-refractivity contribution in [2.75, 3.05) is 11.1 Å². The van der Waals surface area contributed by atoms with Gasteiger partial charge < -0.3 is 16.2 Å². The van der Waals surface area contributed by atoms with E-state index in [-0.39, 0.29) is 0 Å². The van der Waals surface area contributed by atoms with Crippen molar-refractivity contribution in [2.45, 2.75) is 0 Å². The summed E-state index contributed by atoms with van der Waals surface area (Å²) in [5, 5.41) is 13.1. The van der Waals surface area contributed by atoms with Crippen LogP contribution in [0, 0.1) is 0 Å². The standard InChI is InChI=1S/C14H12N4O2/c15-13-8-11(3-5-16-13)17-10-1-2-12-9(7-10)4-6-18(12)14(19)20/h1-8H,(H,19,20)(H3,15,16,17). The van der Waals surface area contributed by atoms with Gasteiger partial charge in [-0.15, -0.1) is 0 Å². The summed E-state index contributed by atoms with van der Waals surface area (Å²) in [6.45, 7) is 0. The number of nitrogens with two attached hydrogens (primary N) is 1. The molecule has 0 amide bonds. The maximum absolute atomic E-state index is 11.0. The van der Waals surface area contributed by atoms with Gasteiger partial charge in [-0.05, 0) is 30.3 Å². The molecule has 0 aliphatic carbocycles. The highest BCUT2D eigenvalue weighted by Gasteiger charge is 2.07. The Balaban J connectivity index is 1.95. The predicted molar refractivity (Wildman–Crippen MR) is 77.3 cm³/mol. The average molecular weight is 268 g/mol. The van der Waals surface area contributed by atoms with E-state index in [1.165, 1.54) is 10.8 Å². The second-order valence-electron chi connectivity index (χ2n) is 4.34. The van der Waals surface area contributed by atoms with E-state index in [2.05, 4.69) is 10.3 Å². The molecule has 3 aromatic rings. The van der Waals surface area contributed by atoms with Crippen LogP contribution >= 0.6 is 0 Å². The highest BCUT2D eigenvalue weighted by atomic mass is 16.4. The number of pyridine rings is 1. The summed E-state index contributed by atoms with van der Waals surface area (Å²) in [7, 11) is 0. The number of fused-ring (bicyclic) bond motifs is 1. The van der Waals surface area contributed by atoms with Crippen molar-refractivity contribution in [1.82, 2.24) is 9.55 Å². The van der Waals surface area contributed by atoms with Crippen molar-refractivity contribution in [3.05, 3.63) is 48.8 Å². The monoisotopic (exact) mass is 268 g/mol. The molecule has 0 fully saturated rings. The lowest BCUT2D eigenvalue weighted by Gasteiger charge is -2.07. The average Bonchev–Trinajstić information content (AvgIpc) is 2.82. The molecule has 2 aromatic heterocycles. The molecule has 0 spiro atoms. The second-order valence-corrected chi connectivity index (χ2v) is 4.34. The number of hydrogen-bond acceptors (Lipinski definition) is 4. The van der Waals surface area contributed by atoms with Crippen molar-refractivity contribution in [3.63, 3.8) is 0 Å². The molecule has 2 heterocycles. The van der Waals surface area contributed by atoms with E-state index in [0.717, 1.165) is 16.8 Å². The first kappa shape index (κ1) is 12.0. The first-order valence-corrected chi connectivity index (χ1v) is 5.96. The minimum absolute atomic E-state index is 0.438. The molecule has 0 saturated heterocycles. The molecule has 100 valence electrons. The molecule has 1 aromatic carbocycles. The van der Waals surface area contributed by atoms with E-state index >= 15 is 0 Å². The van der Waals surface area contributed by atoms with Gasteiger partial charge in [0, 0.05) is 35.2 Å². The molecule has 0 atom stereocenters. The van der Waals surface area contributed by atoms with Gasteiger partial charge in [-0.3, -0.25) is 4.57 Å². The fourth-order valence-electron chi connectivity index (χ4n) is 2.08. The van der Waals surface area contributed by atoms with Crippen molar-refractivity contribution >= 4 is 34.2 Å². The van der Waals surface area contributed by atoms with Crippen LogP contribution in [0.3, 0.4) is 0 Å². The number of nitrogens with zero attached hydrogens (tertiary/aromatic N) is 2. The smallest absolute Gasteiger partial charge is 0.415 e. The molecular weight excluding hydrogens is 256 g/mol. The van der Waals surface area contributed by atoms with E-state index in [4.69, 9.17) is 10.8 Å². The summed E-state index contributed by atoms with van der Waals surface area (Å²) in [6.07, 6.45) is 2.15. The SMILES string of the molecule is Nc1cc(Nc2ccc3c(ccn3C(=O)O)c2)ccn1. The zero-order chi connectivity index (χ0) is 14.1. The van der Waals surface area contributed by atoms with Crippen LogP contribution in [0.4, 0.5) is 22.0 Å². The third-order valence-corrected chi connectivity index (χ3v) is 2.97. The van der Waals surface area contributed by atoms with Gasteiger partial charge in [0.05, 0.1) is 5.52 Å². The van der Waals surface area contributed by atoms with E-state index in [1.807, 2.05) is 18.2 Å². The Hall–Kier alpha value is -3.02. The Morgan fingerprint density at radius 1 is 1.20 bits per heavy atom. The Bertz CT molecular complexity index is 795. The Kier molecular flexibility index (Phi) is 2.76. The summed E-state index contributed by atoms with van der Waals surface area (Å²) in [5.41, 5.74) is 7.95. The normalized spacial score (nSPS) is 10.6. The van der Waals surface area contributed by atoms with Gasteiger partial charge in [0.1, 0.15) is 5.82 Å². The van der Waals surface area contributed by atoms with Crippen LogP contribution in [0.25, 0.3) is 10.9 Å². The van der Waals surface area contributed by atoms with E-state index < -0.39 is 6.09 Å². The number of benzene rings is 1. The lowest BCUT2D eigenvalue weighted by Crippen LogP contribution is -2.05. The maximum Gasteiger partial charge on any atom is 0.415 e. The van der Waals surface area contributed by atoms with E-state index in [1.54, 1.807) is 24.4 Å². The zero-order valence-electron chi connectivity index (χ0n) is 10.4. The third kappa shape index (κ3) is 2.14. The second kappa shape index (κ2) is 4.58. The fourth-order valence-corrected chi connectivity index (χ4v) is 2.08. The van der Waals surface area contributed by atoms with Crippen molar-refractivity contribution in [1.29, 1.82) is 0 Å². The van der Waals surface area contributed by atoms with Gasteiger partial charge in [0.2, 0.25) is 0 Å². The maximum atomic E-state index is 11.0. The molecule has 0 radical (unpaired) electrons. The number of rotatable bonds is 2. The van der Waals surface area contributed by atoms with Crippen molar-refractivity contribution < 1.29 is 9.90 Å². The van der Waals surface area contributed by atoms with Gasteiger partial charge >= 0.3 is 6.09 Å². The van der Waals surface area contributed by atoms with Crippen LogP contribution in [0.1, 0.15) is 0 Å². The first-order valence-electron chi connectivity index (χ1n) is 5.96. The van der Waals surface area contributed by atoms with E-state index in [9.17, 15) is 4.79 Å². The summed E-state index contributed by atoms with van der Waals surface area (Å²) >= 11 is 0. The number of anilines is 3. The minimum atomic E-state index is -0.998. The van der Waals surface area contributed by atoms with Crippen molar-refractivity contribution in [2.24, 2.45) is 0 Å². The number of aromatic nitrogens is 2. The van der Waals surface area contributed by atoms with Crippen LogP contribution in [0.15, 0.2) is 48.8 Å². The molecule has 4 N–H and O–H groups in total. The van der Waals surface area contributed by atoms with E-state index in [0.29, 0.717) is 11.3 Å². The Morgan fingerprint density at radius 3 is 2.75 bits per heavy atom. The summed E-state index contributed by atoms with van der Waals surface area (Å²) in [5.74, 6) is 0.438. The van der Waals surface area contributed by atoms with Gasteiger partial charge in [-0.1, -0.05) is 0 Å². The summed E-state index contributed by atoms with van der Waals surface area (Å²) < 4.78 is 1.18. The molecule has 3 rings (SSSR count). The number of nitrogen functional groups attached to an aromatic ring is 1. The third-order valence-electron chi connectivity index (χ3n) is 2.97. The summed E-state index contributed by atoms with van der Waals surface area (Å²) in [4.78, 5) is 14.9. The van der Waals surface area contributed by atoms with Crippen LogP contribution < -0.4 is 11.1 Å². The molecule has 6 nitrogen and oxygen atoms in total. The van der Waals surface area contributed by atoms with Crippen LogP contribution in [-0.4, -0.2) is 20.8 Å². The molecular formula is C14H12N4O2. The Morgan fingerprint density at radius 2 is 2.00 bits per heavy atom. The lowest BCUT2D eigenvalue weighted by atomic mass is 10.2. The molecule has 0 unspecified atom stereocenters. The number of carbonyl (C=O) groups is 1. The van der Waals surface area contributed by atoms with Crippen LogP contribution in [0.5, 0.6) is 0 Å². The van der Waals surface area contributed by atoms with Gasteiger partial charge in [0.15, 0.2) is 0 Å². The first-order chi connectivity index (χ1) is 9.63. The van der Waals surface area contributed by atoms with Gasteiger partial charge in [-0.2, -0.15) is 0 Å². The number of nitrogens with one attached hydrogen (secondary N) is 1. The quantitative estimate of drug-likeness (QED) is 0.664. The zero-order valence-corrected chi connectivity index (χ0v) is 10.4. The largest absolute Gasteiger partial charge is 0.464 e. The number of hydrogen-bond donors (Lipinski definition) is 3. The predicted octanol–water partition coefficient (Wildman–Crippen LogP) is 2.89. The molecule has 0 aliphatic rings. The molecule has 0 aliphatic heterocycles.